The van der Waals surface area contributed by atoms with E-state index in [1.165, 1.54) is 0 Å². The third kappa shape index (κ3) is 6.43. The van der Waals surface area contributed by atoms with Gasteiger partial charge in [0.05, 0.1) is 6.54 Å². The molecule has 0 bridgehead atoms. The molecule has 1 unspecified atom stereocenters. The van der Waals surface area contributed by atoms with Gasteiger partial charge in [-0.15, -0.1) is 0 Å². The van der Waals surface area contributed by atoms with Crippen LogP contribution in [0.5, 0.6) is 0 Å². The van der Waals surface area contributed by atoms with Crippen LogP contribution in [0, 0.1) is 28.3 Å². The van der Waals surface area contributed by atoms with E-state index in [2.05, 4.69) is 5.32 Å². The number of hydrogen-bond acceptors (Lipinski definition) is 4. The summed E-state index contributed by atoms with van der Waals surface area (Å²) in [5.41, 5.74) is 0.762. The molecule has 192 valence electrons. The van der Waals surface area contributed by atoms with E-state index in [9.17, 15) is 31.1 Å². The highest BCUT2D eigenvalue weighted by Gasteiger charge is 2.41. The highest BCUT2D eigenvalue weighted by atomic mass is 19.4. The molecule has 3 N–H and O–H groups in total. The van der Waals surface area contributed by atoms with Gasteiger partial charge in [-0.3, -0.25) is 15.6 Å². The molecule has 1 aliphatic rings. The maximum absolute atomic E-state index is 14.3. The lowest BCUT2D eigenvalue weighted by atomic mass is 10.0. The lowest BCUT2D eigenvalue weighted by Gasteiger charge is -2.36. The summed E-state index contributed by atoms with van der Waals surface area (Å²) in [6.45, 7) is 0.691. The summed E-state index contributed by atoms with van der Waals surface area (Å²) < 4.78 is 79.9. The second-order valence-corrected chi connectivity index (χ2v) is 8.19. The van der Waals surface area contributed by atoms with Gasteiger partial charge in [-0.25, -0.2) is 13.2 Å². The van der Waals surface area contributed by atoms with Gasteiger partial charge in [0, 0.05) is 43.4 Å². The molecule has 1 aliphatic heterocycles. The summed E-state index contributed by atoms with van der Waals surface area (Å²) in [5.74, 6) is -6.58. The number of rotatable bonds is 6. The number of nitrogens with one attached hydrogen (secondary N) is 3. The Morgan fingerprint density at radius 2 is 1.72 bits per heavy atom. The Kier molecular flexibility index (Phi) is 8.06. The van der Waals surface area contributed by atoms with Crippen molar-refractivity contribution in [2.75, 3.05) is 19.6 Å². The van der Waals surface area contributed by atoms with Gasteiger partial charge in [0.2, 0.25) is 11.7 Å². The van der Waals surface area contributed by atoms with Crippen molar-refractivity contribution in [3.05, 3.63) is 82.8 Å². The summed E-state index contributed by atoms with van der Waals surface area (Å²) in [6, 6.07) is 9.73. The SMILES string of the molecule is CC(N/C(=C\C(=O)N1CCN(C(=N)C(F)(F)F)C(=N)C1)Cc1cc(F)c(F)cc1F)c1ccccc1. The van der Waals surface area contributed by atoms with Crippen molar-refractivity contribution in [1.29, 1.82) is 10.8 Å². The number of hydrogen-bond donors (Lipinski definition) is 3. The molecule has 0 spiro atoms. The highest BCUT2D eigenvalue weighted by molar-refractivity contribution is 6.03. The van der Waals surface area contributed by atoms with Crippen molar-refractivity contribution in [2.45, 2.75) is 25.6 Å². The third-order valence-corrected chi connectivity index (χ3v) is 5.58. The van der Waals surface area contributed by atoms with Crippen molar-refractivity contribution >= 4 is 17.6 Å². The summed E-state index contributed by atoms with van der Waals surface area (Å²) >= 11 is 0. The minimum absolute atomic E-state index is 0.151. The van der Waals surface area contributed by atoms with E-state index in [1.54, 1.807) is 25.1 Å². The summed E-state index contributed by atoms with van der Waals surface area (Å²) in [4.78, 5) is 14.5. The second kappa shape index (κ2) is 10.8. The van der Waals surface area contributed by atoms with Crippen LogP contribution in [0.25, 0.3) is 0 Å². The van der Waals surface area contributed by atoms with Crippen molar-refractivity contribution in [1.82, 2.24) is 15.1 Å². The fourth-order valence-corrected chi connectivity index (χ4v) is 3.68. The largest absolute Gasteiger partial charge is 0.449 e. The quantitative estimate of drug-likeness (QED) is 0.175. The van der Waals surface area contributed by atoms with Gasteiger partial charge in [0.25, 0.3) is 0 Å². The fraction of sp³-hybridized carbons (Fsp3) is 0.292. The maximum Gasteiger partial charge on any atom is 0.449 e. The Morgan fingerprint density at radius 1 is 1.08 bits per heavy atom. The number of amidine groups is 2. The second-order valence-electron chi connectivity index (χ2n) is 8.19. The van der Waals surface area contributed by atoms with Crippen LogP contribution in [0.1, 0.15) is 24.1 Å². The number of nitrogens with zero attached hydrogens (tertiary/aromatic N) is 2. The molecular formula is C24H23F6N5O. The van der Waals surface area contributed by atoms with Gasteiger partial charge in [0.1, 0.15) is 11.7 Å². The van der Waals surface area contributed by atoms with E-state index in [4.69, 9.17) is 10.8 Å². The zero-order valence-electron chi connectivity index (χ0n) is 19.1. The molecule has 0 saturated carbocycles. The standard InChI is InChI=1S/C24H23F6N5O/c1-14(15-5-3-2-4-6-15)33-17(9-16-10-19(26)20(27)12-18(16)25)11-22(36)34-7-8-35(21(31)13-34)23(32)24(28,29)30/h2-6,10-12,14,31-33H,7-9,13H2,1H3/b17-11-,31-21?,32-23?. The topological polar surface area (TPSA) is 83.3 Å². The molecule has 1 atom stereocenters. The Labute approximate surface area is 203 Å². The van der Waals surface area contributed by atoms with E-state index >= 15 is 0 Å². The van der Waals surface area contributed by atoms with Crippen LogP contribution in [-0.2, 0) is 11.2 Å². The molecule has 1 heterocycles. The first-order valence-corrected chi connectivity index (χ1v) is 10.8. The minimum atomic E-state index is -4.93. The normalized spacial score (nSPS) is 15.6. The molecule has 3 rings (SSSR count). The van der Waals surface area contributed by atoms with Crippen LogP contribution in [-0.4, -0.2) is 53.2 Å². The van der Waals surface area contributed by atoms with Crippen molar-refractivity contribution in [3.8, 4) is 0 Å². The predicted octanol–water partition coefficient (Wildman–Crippen LogP) is 4.54. The van der Waals surface area contributed by atoms with Crippen LogP contribution in [0.3, 0.4) is 0 Å². The van der Waals surface area contributed by atoms with Gasteiger partial charge in [-0.2, -0.15) is 13.2 Å². The molecule has 0 aliphatic carbocycles. The first kappa shape index (κ1) is 26.8. The van der Waals surface area contributed by atoms with Crippen LogP contribution in [0.15, 0.2) is 54.2 Å². The zero-order chi connectivity index (χ0) is 26.6. The first-order chi connectivity index (χ1) is 16.9. The predicted molar refractivity (Wildman–Crippen MR) is 121 cm³/mol. The number of allylic oxidation sites excluding steroid dienone is 1. The van der Waals surface area contributed by atoms with Crippen LogP contribution in [0.2, 0.25) is 0 Å². The lowest BCUT2D eigenvalue weighted by molar-refractivity contribution is -0.126. The monoisotopic (exact) mass is 511 g/mol. The van der Waals surface area contributed by atoms with E-state index < -0.39 is 54.3 Å². The number of carbonyl (C=O) groups excluding carboxylic acids is 1. The van der Waals surface area contributed by atoms with Crippen LogP contribution >= 0.6 is 0 Å². The third-order valence-electron chi connectivity index (χ3n) is 5.58. The molecule has 12 heteroatoms. The minimum Gasteiger partial charge on any atom is -0.381 e. The summed E-state index contributed by atoms with van der Waals surface area (Å²) in [5, 5.41) is 18.2. The molecule has 1 saturated heterocycles. The number of benzene rings is 2. The lowest BCUT2D eigenvalue weighted by Crippen LogP contribution is -2.56. The number of carbonyl (C=O) groups is 1. The molecule has 2 aromatic rings. The van der Waals surface area contributed by atoms with Crippen LogP contribution < -0.4 is 5.32 Å². The number of halogens is 6. The average molecular weight is 511 g/mol. The molecule has 0 aromatic heterocycles. The van der Waals surface area contributed by atoms with Gasteiger partial charge in [-0.05, 0) is 24.1 Å². The Bertz CT molecular complexity index is 1180. The first-order valence-electron chi connectivity index (χ1n) is 10.8. The average Bonchev–Trinajstić information content (AvgIpc) is 2.81. The Balaban J connectivity index is 1.83. The van der Waals surface area contributed by atoms with Gasteiger partial charge in [-0.1, -0.05) is 30.3 Å². The van der Waals surface area contributed by atoms with Gasteiger partial charge < -0.3 is 15.1 Å². The molecule has 6 nitrogen and oxygen atoms in total. The van der Waals surface area contributed by atoms with E-state index in [0.717, 1.165) is 16.5 Å². The molecule has 2 aromatic carbocycles. The molecule has 0 radical (unpaired) electrons. The zero-order valence-corrected chi connectivity index (χ0v) is 19.1. The Morgan fingerprint density at radius 3 is 2.33 bits per heavy atom. The highest BCUT2D eigenvalue weighted by Crippen LogP contribution is 2.22. The number of piperazine rings is 1. The molecular weight excluding hydrogens is 488 g/mol. The Hall–Kier alpha value is -3.83. The van der Waals surface area contributed by atoms with Gasteiger partial charge >= 0.3 is 6.18 Å². The molecule has 36 heavy (non-hydrogen) atoms. The van der Waals surface area contributed by atoms with E-state index in [-0.39, 0.29) is 30.3 Å². The van der Waals surface area contributed by atoms with Crippen molar-refractivity contribution in [2.24, 2.45) is 0 Å². The summed E-state index contributed by atoms with van der Waals surface area (Å²) in [6.07, 6.45) is -4.14. The fourth-order valence-electron chi connectivity index (χ4n) is 3.68. The smallest absolute Gasteiger partial charge is 0.381 e. The summed E-state index contributed by atoms with van der Waals surface area (Å²) in [7, 11) is 0. The number of alkyl halides is 3. The van der Waals surface area contributed by atoms with Gasteiger partial charge in [0.15, 0.2) is 11.6 Å². The van der Waals surface area contributed by atoms with E-state index in [1.807, 2.05) is 12.1 Å². The van der Waals surface area contributed by atoms with Crippen molar-refractivity contribution < 1.29 is 31.1 Å². The van der Waals surface area contributed by atoms with Crippen molar-refractivity contribution in [3.63, 3.8) is 0 Å². The van der Waals surface area contributed by atoms with Crippen LogP contribution in [0.4, 0.5) is 26.3 Å². The molecule has 1 amide bonds. The van der Waals surface area contributed by atoms with E-state index in [0.29, 0.717) is 17.0 Å². The molecule has 1 fully saturated rings. The maximum atomic E-state index is 14.3. The number of amides is 1.